The fraction of sp³-hybridized carbons (Fsp3) is 0.500. The fourth-order valence-electron chi connectivity index (χ4n) is 1.94. The summed E-state index contributed by atoms with van der Waals surface area (Å²) in [7, 11) is 1.92. The van der Waals surface area contributed by atoms with E-state index < -0.39 is 0 Å². The minimum Gasteiger partial charge on any atom is -0.368 e. The largest absolute Gasteiger partial charge is 0.368 e. The lowest BCUT2D eigenvalue weighted by atomic mass is 10.2. The summed E-state index contributed by atoms with van der Waals surface area (Å²) in [4.78, 5) is 13.2. The highest BCUT2D eigenvalue weighted by Gasteiger charge is 2.12. The van der Waals surface area contributed by atoms with E-state index in [1.807, 2.05) is 18.0 Å². The number of carbonyl (C=O) groups excluding carboxylic acids is 1. The van der Waals surface area contributed by atoms with Crippen LogP contribution in [0.2, 0.25) is 0 Å². The summed E-state index contributed by atoms with van der Waals surface area (Å²) >= 11 is 3.58. The maximum atomic E-state index is 11.2. The van der Waals surface area contributed by atoms with E-state index in [0.717, 1.165) is 36.1 Å². The molecular weight excluding hydrogens is 306 g/mol. The lowest BCUT2D eigenvalue weighted by Gasteiger charge is -2.24. The number of anilines is 1. The first-order valence-corrected chi connectivity index (χ1v) is 7.34. The van der Waals surface area contributed by atoms with Crippen molar-refractivity contribution in [3.05, 3.63) is 28.2 Å². The third-order valence-electron chi connectivity index (χ3n) is 2.86. The molecular formula is C14H22BrN3O. The first-order chi connectivity index (χ1) is 9.08. The third kappa shape index (κ3) is 5.20. The average molecular weight is 328 g/mol. The monoisotopic (exact) mass is 327 g/mol. The number of benzene rings is 1. The van der Waals surface area contributed by atoms with Gasteiger partial charge in [-0.15, -0.1) is 0 Å². The van der Waals surface area contributed by atoms with Crippen LogP contribution >= 0.6 is 15.9 Å². The molecule has 4 nitrogen and oxygen atoms in total. The van der Waals surface area contributed by atoms with Crippen molar-refractivity contribution in [2.45, 2.75) is 26.3 Å². The Labute approximate surface area is 123 Å². The highest BCUT2D eigenvalue weighted by atomic mass is 79.9. The quantitative estimate of drug-likeness (QED) is 0.770. The van der Waals surface area contributed by atoms with Gasteiger partial charge in [0, 0.05) is 17.6 Å². The normalized spacial score (nSPS) is 10.5. The van der Waals surface area contributed by atoms with Crippen molar-refractivity contribution in [3.63, 3.8) is 0 Å². The van der Waals surface area contributed by atoms with E-state index in [4.69, 9.17) is 5.73 Å². The van der Waals surface area contributed by atoms with Crippen molar-refractivity contribution in [2.24, 2.45) is 5.73 Å². The highest BCUT2D eigenvalue weighted by molar-refractivity contribution is 9.10. The van der Waals surface area contributed by atoms with Crippen LogP contribution in [0.25, 0.3) is 0 Å². The maximum Gasteiger partial charge on any atom is 0.236 e. The van der Waals surface area contributed by atoms with E-state index in [2.05, 4.69) is 40.3 Å². The number of nitrogens with one attached hydrogen (secondary N) is 1. The Morgan fingerprint density at radius 2 is 2.21 bits per heavy atom. The van der Waals surface area contributed by atoms with Crippen LogP contribution in [0, 0.1) is 0 Å². The van der Waals surface area contributed by atoms with E-state index in [1.54, 1.807) is 0 Å². The summed E-state index contributed by atoms with van der Waals surface area (Å²) < 4.78 is 0.998. The number of halogens is 1. The van der Waals surface area contributed by atoms with Crippen LogP contribution < -0.4 is 16.0 Å². The smallest absolute Gasteiger partial charge is 0.236 e. The van der Waals surface area contributed by atoms with Crippen LogP contribution in [-0.2, 0) is 11.3 Å². The Morgan fingerprint density at radius 3 is 2.74 bits per heavy atom. The number of hydrogen-bond acceptors (Lipinski definition) is 3. The molecule has 1 amide bonds. The number of nitrogens with two attached hydrogens (primary N) is 1. The number of rotatable bonds is 8. The first kappa shape index (κ1) is 16.0. The Kier molecular flexibility index (Phi) is 6.87. The van der Waals surface area contributed by atoms with Crippen LogP contribution in [0.3, 0.4) is 0 Å². The molecule has 0 spiro atoms. The van der Waals surface area contributed by atoms with Crippen molar-refractivity contribution in [3.8, 4) is 0 Å². The standard InChI is InChI=1S/C14H22BrN3O/c1-3-4-7-18(10-14(16)19)13-6-5-11(9-17-2)8-12(13)15/h5-6,8,17H,3-4,7,9-10H2,1-2H3,(H2,16,19). The summed E-state index contributed by atoms with van der Waals surface area (Å²) in [5.74, 6) is -0.303. The molecule has 5 heteroatoms. The van der Waals surface area contributed by atoms with E-state index in [-0.39, 0.29) is 12.5 Å². The molecule has 19 heavy (non-hydrogen) atoms. The van der Waals surface area contributed by atoms with Crippen molar-refractivity contribution >= 4 is 27.5 Å². The van der Waals surface area contributed by atoms with Crippen molar-refractivity contribution < 1.29 is 4.79 Å². The number of carbonyl (C=O) groups is 1. The molecule has 0 saturated carbocycles. The molecule has 0 saturated heterocycles. The molecule has 0 aliphatic carbocycles. The van der Waals surface area contributed by atoms with Gasteiger partial charge in [0.05, 0.1) is 12.2 Å². The number of primary amides is 1. The van der Waals surface area contributed by atoms with E-state index >= 15 is 0 Å². The number of unbranched alkanes of at least 4 members (excludes halogenated alkanes) is 1. The highest BCUT2D eigenvalue weighted by Crippen LogP contribution is 2.27. The van der Waals surface area contributed by atoms with Gasteiger partial charge in [-0.05, 0) is 47.1 Å². The fourth-order valence-corrected chi connectivity index (χ4v) is 2.62. The van der Waals surface area contributed by atoms with Crippen LogP contribution in [-0.4, -0.2) is 26.0 Å². The van der Waals surface area contributed by atoms with E-state index in [9.17, 15) is 4.79 Å². The van der Waals surface area contributed by atoms with Gasteiger partial charge in [0.15, 0.2) is 0 Å². The third-order valence-corrected chi connectivity index (χ3v) is 3.50. The molecule has 0 bridgehead atoms. The van der Waals surface area contributed by atoms with Crippen molar-refractivity contribution in [2.75, 3.05) is 25.0 Å². The second-order valence-electron chi connectivity index (χ2n) is 4.56. The molecule has 1 rings (SSSR count). The Bertz CT molecular complexity index is 423. The van der Waals surface area contributed by atoms with Crippen LogP contribution in [0.15, 0.2) is 22.7 Å². The molecule has 1 aromatic carbocycles. The molecule has 1 aromatic rings. The molecule has 0 aromatic heterocycles. The van der Waals surface area contributed by atoms with Gasteiger partial charge in [0.1, 0.15) is 0 Å². The zero-order valence-corrected chi connectivity index (χ0v) is 13.2. The molecule has 0 fully saturated rings. The SMILES string of the molecule is CCCCN(CC(N)=O)c1ccc(CNC)cc1Br. The molecule has 0 aliphatic heterocycles. The predicted molar refractivity (Wildman–Crippen MR) is 83.2 cm³/mol. The lowest BCUT2D eigenvalue weighted by Crippen LogP contribution is -2.34. The van der Waals surface area contributed by atoms with Crippen LogP contribution in [0.5, 0.6) is 0 Å². The Hall–Kier alpha value is -1.07. The zero-order chi connectivity index (χ0) is 14.3. The summed E-state index contributed by atoms with van der Waals surface area (Å²) in [6, 6.07) is 6.18. The van der Waals surface area contributed by atoms with Gasteiger partial charge in [-0.25, -0.2) is 0 Å². The summed E-state index contributed by atoms with van der Waals surface area (Å²) in [6.45, 7) is 4.05. The Morgan fingerprint density at radius 1 is 1.47 bits per heavy atom. The van der Waals surface area contributed by atoms with Gasteiger partial charge in [-0.3, -0.25) is 4.79 Å². The number of amides is 1. The van der Waals surface area contributed by atoms with E-state index in [1.165, 1.54) is 5.56 Å². The molecule has 3 N–H and O–H groups in total. The summed E-state index contributed by atoms with van der Waals surface area (Å²) in [5, 5.41) is 3.12. The van der Waals surface area contributed by atoms with Crippen molar-refractivity contribution in [1.29, 1.82) is 0 Å². The summed E-state index contributed by atoms with van der Waals surface area (Å²) in [6.07, 6.45) is 2.13. The van der Waals surface area contributed by atoms with Gasteiger partial charge in [0.25, 0.3) is 0 Å². The lowest BCUT2D eigenvalue weighted by molar-refractivity contribution is -0.116. The average Bonchev–Trinajstić information content (AvgIpc) is 2.35. The van der Waals surface area contributed by atoms with Gasteiger partial charge < -0.3 is 16.0 Å². The topological polar surface area (TPSA) is 58.4 Å². The van der Waals surface area contributed by atoms with Crippen LogP contribution in [0.1, 0.15) is 25.3 Å². The minimum atomic E-state index is -0.303. The van der Waals surface area contributed by atoms with E-state index in [0.29, 0.717) is 0 Å². The van der Waals surface area contributed by atoms with Crippen LogP contribution in [0.4, 0.5) is 5.69 Å². The van der Waals surface area contributed by atoms with Gasteiger partial charge >= 0.3 is 0 Å². The number of nitrogens with zero attached hydrogens (tertiary/aromatic N) is 1. The molecule has 0 radical (unpaired) electrons. The van der Waals surface area contributed by atoms with Crippen molar-refractivity contribution in [1.82, 2.24) is 5.32 Å². The first-order valence-electron chi connectivity index (χ1n) is 6.54. The molecule has 0 atom stereocenters. The van der Waals surface area contributed by atoms with Gasteiger partial charge in [-0.2, -0.15) is 0 Å². The second kappa shape index (κ2) is 8.17. The predicted octanol–water partition coefficient (Wildman–Crippen LogP) is 2.26. The summed E-state index contributed by atoms with van der Waals surface area (Å²) in [5.41, 5.74) is 7.55. The van der Waals surface area contributed by atoms with Gasteiger partial charge in [-0.1, -0.05) is 19.4 Å². The Balaban J connectivity index is 2.90. The molecule has 106 valence electrons. The maximum absolute atomic E-state index is 11.2. The molecule has 0 heterocycles. The second-order valence-corrected chi connectivity index (χ2v) is 5.41. The number of hydrogen-bond donors (Lipinski definition) is 2. The molecule has 0 unspecified atom stereocenters. The minimum absolute atomic E-state index is 0.254. The van der Waals surface area contributed by atoms with Gasteiger partial charge in [0.2, 0.25) is 5.91 Å². The molecule has 0 aliphatic rings. The zero-order valence-electron chi connectivity index (χ0n) is 11.6.